The van der Waals surface area contributed by atoms with Gasteiger partial charge in [0.2, 0.25) is 5.91 Å². The molecular weight excluding hydrogens is 306 g/mol. The lowest BCUT2D eigenvalue weighted by Gasteiger charge is -2.13. The number of hydrogen-bond donors (Lipinski definition) is 3. The van der Waals surface area contributed by atoms with Crippen LogP contribution in [-0.2, 0) is 11.3 Å². The normalized spacial score (nSPS) is 12.0. The number of pyridine rings is 1. The van der Waals surface area contributed by atoms with Crippen LogP contribution in [-0.4, -0.2) is 38.4 Å². The molecule has 0 aliphatic carbocycles. The lowest BCUT2D eigenvalue weighted by molar-refractivity contribution is -0.116. The van der Waals surface area contributed by atoms with Gasteiger partial charge in [0.15, 0.2) is 5.15 Å². The Morgan fingerprint density at radius 3 is 3.09 bits per heavy atom. The number of nitrogens with one attached hydrogen (secondary N) is 2. The first-order valence-electron chi connectivity index (χ1n) is 6.88. The first kappa shape index (κ1) is 16.3. The zero-order valence-electron chi connectivity index (χ0n) is 12.2. The van der Waals surface area contributed by atoms with Gasteiger partial charge in [-0.25, -0.2) is 4.98 Å². The van der Waals surface area contributed by atoms with Crippen molar-refractivity contribution in [1.82, 2.24) is 14.8 Å². The van der Waals surface area contributed by atoms with E-state index >= 15 is 0 Å². The highest BCUT2D eigenvalue weighted by atomic mass is 35.5. The largest absolute Gasteiger partial charge is 0.394 e. The molecule has 0 bridgehead atoms. The lowest BCUT2D eigenvalue weighted by atomic mass is 10.2. The summed E-state index contributed by atoms with van der Waals surface area (Å²) in [7, 11) is 0. The number of amides is 1. The summed E-state index contributed by atoms with van der Waals surface area (Å²) in [6.07, 6.45) is 5.27. The van der Waals surface area contributed by atoms with Gasteiger partial charge in [0.05, 0.1) is 30.7 Å². The molecule has 0 radical (unpaired) electrons. The van der Waals surface area contributed by atoms with Gasteiger partial charge in [0.1, 0.15) is 0 Å². The maximum atomic E-state index is 12.0. The topological polar surface area (TPSA) is 92.1 Å². The highest BCUT2D eigenvalue weighted by molar-refractivity contribution is 6.32. The molecule has 22 heavy (non-hydrogen) atoms. The Labute approximate surface area is 133 Å². The van der Waals surface area contributed by atoms with Crippen LogP contribution in [0.5, 0.6) is 0 Å². The molecule has 0 spiro atoms. The van der Waals surface area contributed by atoms with Gasteiger partial charge in [0, 0.05) is 24.9 Å². The first-order chi connectivity index (χ1) is 10.6. The van der Waals surface area contributed by atoms with Crippen LogP contribution in [0.4, 0.5) is 11.4 Å². The Kier molecular flexibility index (Phi) is 5.74. The molecule has 2 aromatic rings. The Hall–Kier alpha value is -2.12. The highest BCUT2D eigenvalue weighted by Crippen LogP contribution is 2.18. The van der Waals surface area contributed by atoms with Gasteiger partial charge in [-0.15, -0.1) is 0 Å². The number of anilines is 2. The van der Waals surface area contributed by atoms with Crippen LogP contribution in [0.2, 0.25) is 5.15 Å². The molecule has 0 aromatic carbocycles. The summed E-state index contributed by atoms with van der Waals surface area (Å²) in [6.45, 7) is 2.37. The fraction of sp³-hybridized carbons (Fsp3) is 0.357. The molecule has 2 rings (SSSR count). The predicted molar refractivity (Wildman–Crippen MR) is 84.9 cm³/mol. The van der Waals surface area contributed by atoms with Crippen LogP contribution < -0.4 is 10.6 Å². The number of aliphatic hydroxyl groups excluding tert-OH is 1. The van der Waals surface area contributed by atoms with Crippen molar-refractivity contribution in [2.75, 3.05) is 17.2 Å². The van der Waals surface area contributed by atoms with E-state index < -0.39 is 0 Å². The summed E-state index contributed by atoms with van der Waals surface area (Å²) < 4.78 is 1.63. The van der Waals surface area contributed by atoms with E-state index in [1.54, 1.807) is 35.4 Å². The van der Waals surface area contributed by atoms with Crippen LogP contribution >= 0.6 is 11.6 Å². The summed E-state index contributed by atoms with van der Waals surface area (Å²) in [5.41, 5.74) is 1.30. The Morgan fingerprint density at radius 2 is 2.36 bits per heavy atom. The predicted octanol–water partition coefficient (Wildman–Crippen LogP) is 1.75. The zero-order chi connectivity index (χ0) is 15.9. The minimum Gasteiger partial charge on any atom is -0.394 e. The minimum absolute atomic E-state index is 0.0327. The van der Waals surface area contributed by atoms with E-state index in [1.165, 1.54) is 0 Å². The maximum absolute atomic E-state index is 12.0. The van der Waals surface area contributed by atoms with E-state index in [1.807, 2.05) is 6.92 Å². The van der Waals surface area contributed by atoms with E-state index in [2.05, 4.69) is 20.7 Å². The molecular formula is C14H18ClN5O2. The number of carbonyl (C=O) groups excluding carboxylic acids is 1. The van der Waals surface area contributed by atoms with E-state index in [-0.39, 0.29) is 30.1 Å². The summed E-state index contributed by atoms with van der Waals surface area (Å²) >= 11 is 5.89. The second-order valence-corrected chi connectivity index (χ2v) is 5.21. The molecule has 0 aliphatic heterocycles. The van der Waals surface area contributed by atoms with Crippen molar-refractivity contribution in [3.05, 3.63) is 35.9 Å². The molecule has 0 saturated heterocycles. The van der Waals surface area contributed by atoms with Crippen LogP contribution in [0.1, 0.15) is 13.3 Å². The molecule has 1 unspecified atom stereocenters. The summed E-state index contributed by atoms with van der Waals surface area (Å²) in [4.78, 5) is 15.9. The second kappa shape index (κ2) is 7.77. The van der Waals surface area contributed by atoms with Crippen LogP contribution in [0, 0.1) is 0 Å². The van der Waals surface area contributed by atoms with Crippen molar-refractivity contribution in [3.63, 3.8) is 0 Å². The van der Waals surface area contributed by atoms with Gasteiger partial charge in [-0.05, 0) is 19.1 Å². The van der Waals surface area contributed by atoms with Gasteiger partial charge >= 0.3 is 0 Å². The zero-order valence-corrected chi connectivity index (χ0v) is 12.9. The Bertz CT molecular complexity index is 631. The number of aliphatic hydroxyl groups is 1. The molecule has 2 heterocycles. The number of hydrogen-bond acceptors (Lipinski definition) is 5. The number of rotatable bonds is 7. The first-order valence-corrected chi connectivity index (χ1v) is 7.26. The number of carbonyl (C=O) groups is 1. The molecule has 0 fully saturated rings. The molecule has 0 aliphatic rings. The standard InChI is InChI=1S/C14H18ClN5O2/c1-10(18-11-8-17-20(9-11)5-6-21)7-13(22)19-12-3-2-4-16-14(12)15/h2-4,8-10,18,21H,5-7H2,1H3,(H,19,22). The SMILES string of the molecule is CC(CC(=O)Nc1cccnc1Cl)Nc1cnn(CCO)c1. The van der Waals surface area contributed by atoms with Crippen molar-refractivity contribution in [2.24, 2.45) is 0 Å². The lowest BCUT2D eigenvalue weighted by Crippen LogP contribution is -2.23. The smallest absolute Gasteiger partial charge is 0.226 e. The van der Waals surface area contributed by atoms with Crippen molar-refractivity contribution >= 4 is 28.9 Å². The van der Waals surface area contributed by atoms with Gasteiger partial charge in [-0.1, -0.05) is 11.6 Å². The Balaban J connectivity index is 1.84. The van der Waals surface area contributed by atoms with E-state index in [4.69, 9.17) is 16.7 Å². The summed E-state index contributed by atoms with van der Waals surface area (Å²) in [5, 5.41) is 19.1. The van der Waals surface area contributed by atoms with Crippen molar-refractivity contribution < 1.29 is 9.90 Å². The molecule has 3 N–H and O–H groups in total. The summed E-state index contributed by atoms with van der Waals surface area (Å²) in [5.74, 6) is -0.155. The van der Waals surface area contributed by atoms with E-state index in [0.29, 0.717) is 12.2 Å². The molecule has 8 heteroatoms. The third-order valence-electron chi connectivity index (χ3n) is 2.90. The van der Waals surface area contributed by atoms with Gasteiger partial charge in [-0.3, -0.25) is 9.48 Å². The third-order valence-corrected chi connectivity index (χ3v) is 3.20. The number of nitrogens with zero attached hydrogens (tertiary/aromatic N) is 3. The highest BCUT2D eigenvalue weighted by Gasteiger charge is 2.11. The van der Waals surface area contributed by atoms with Crippen LogP contribution in [0.15, 0.2) is 30.7 Å². The fourth-order valence-corrected chi connectivity index (χ4v) is 2.12. The quantitative estimate of drug-likeness (QED) is 0.675. The molecule has 1 amide bonds. The monoisotopic (exact) mass is 323 g/mol. The van der Waals surface area contributed by atoms with Crippen molar-refractivity contribution in [3.8, 4) is 0 Å². The van der Waals surface area contributed by atoms with E-state index in [0.717, 1.165) is 5.69 Å². The number of aromatic nitrogens is 3. The molecule has 7 nitrogen and oxygen atoms in total. The maximum Gasteiger partial charge on any atom is 0.226 e. The summed E-state index contributed by atoms with van der Waals surface area (Å²) in [6, 6.07) is 3.32. The minimum atomic E-state index is -0.155. The van der Waals surface area contributed by atoms with Crippen LogP contribution in [0.3, 0.4) is 0 Å². The van der Waals surface area contributed by atoms with Gasteiger partial charge in [0.25, 0.3) is 0 Å². The number of halogens is 1. The van der Waals surface area contributed by atoms with E-state index in [9.17, 15) is 4.79 Å². The average Bonchev–Trinajstić information content (AvgIpc) is 2.89. The van der Waals surface area contributed by atoms with Gasteiger partial charge in [-0.2, -0.15) is 5.10 Å². The second-order valence-electron chi connectivity index (χ2n) is 4.86. The third kappa shape index (κ3) is 4.71. The van der Waals surface area contributed by atoms with Crippen LogP contribution in [0.25, 0.3) is 0 Å². The Morgan fingerprint density at radius 1 is 1.55 bits per heavy atom. The van der Waals surface area contributed by atoms with Gasteiger partial charge < -0.3 is 15.7 Å². The molecule has 2 aromatic heterocycles. The average molecular weight is 324 g/mol. The van der Waals surface area contributed by atoms with Crippen molar-refractivity contribution in [1.29, 1.82) is 0 Å². The van der Waals surface area contributed by atoms with Crippen molar-refractivity contribution in [2.45, 2.75) is 25.9 Å². The molecule has 1 atom stereocenters. The molecule has 118 valence electrons. The fourth-order valence-electron chi connectivity index (χ4n) is 1.96. The molecule has 0 saturated carbocycles.